The summed E-state index contributed by atoms with van der Waals surface area (Å²) in [7, 11) is 7.74. The number of ether oxygens (including phenoxy) is 1. The number of hydrogen-bond acceptors (Lipinski definition) is 13. The van der Waals surface area contributed by atoms with Crippen molar-refractivity contribution >= 4 is 52.0 Å². The van der Waals surface area contributed by atoms with Crippen LogP contribution in [0.2, 0.25) is 0 Å². The zero-order valence-corrected chi connectivity index (χ0v) is 38.8. The molecule has 68 heavy (non-hydrogen) atoms. The number of carboxylic acids is 1. The molecular formula is C51H55N8O9+. The predicted molar refractivity (Wildman–Crippen MR) is 254 cm³/mol. The average molecular weight is 924 g/mol. The number of Topliss-reactive ketones (excluding diaryl/α,β-unsaturated/α-hetero) is 3. The SMILES string of the molecule is CC(OC(=O)NCCCCCNC(=O)c1ccc(-c2c3ccc(=[N+](C)C)cc-3oc3cc(N(C)C)ccc23)c(C(=O)O)c1)c1nnc(-c2ccc(CCC(=O)CC3CCC(=O)C(=O)C3)cc2)nn1. The number of ketones is 3. The van der Waals surface area contributed by atoms with E-state index >= 15 is 0 Å². The van der Waals surface area contributed by atoms with Crippen molar-refractivity contribution < 1.29 is 43.0 Å². The van der Waals surface area contributed by atoms with Crippen molar-refractivity contribution in [1.29, 1.82) is 0 Å². The van der Waals surface area contributed by atoms with Crippen LogP contribution in [0.3, 0.4) is 0 Å². The zero-order chi connectivity index (χ0) is 48.5. The molecule has 2 aliphatic carbocycles. The molecule has 0 radical (unpaired) electrons. The molecule has 0 spiro atoms. The molecular weight excluding hydrogens is 869 g/mol. The number of alkyl carbamates (subject to hydrolysis) is 1. The van der Waals surface area contributed by atoms with E-state index in [1.807, 2.05) is 98.3 Å². The van der Waals surface area contributed by atoms with E-state index in [4.69, 9.17) is 9.15 Å². The molecule has 17 heteroatoms. The quantitative estimate of drug-likeness (QED) is 0.0364. The van der Waals surface area contributed by atoms with Gasteiger partial charge in [-0.05, 0) is 86.4 Å². The third-order valence-electron chi connectivity index (χ3n) is 12.0. The average Bonchev–Trinajstić information content (AvgIpc) is 3.32. The number of carboxylic acid groups (broad SMARTS) is 1. The first-order valence-electron chi connectivity index (χ1n) is 22.7. The largest absolute Gasteiger partial charge is 0.478 e. The van der Waals surface area contributed by atoms with Gasteiger partial charge in [0.25, 0.3) is 5.91 Å². The molecule has 0 bridgehead atoms. The van der Waals surface area contributed by atoms with Crippen molar-refractivity contribution in [1.82, 2.24) is 35.6 Å². The van der Waals surface area contributed by atoms with Crippen LogP contribution in [0, 0.1) is 5.92 Å². The minimum absolute atomic E-state index is 0.0118. The Kier molecular flexibility index (Phi) is 15.4. The molecule has 3 N–H and O–H groups in total. The molecule has 2 amide bonds. The van der Waals surface area contributed by atoms with Gasteiger partial charge in [0.1, 0.15) is 31.2 Å². The minimum atomic E-state index is -1.16. The molecule has 3 aliphatic rings. The number of benzene rings is 4. The Morgan fingerprint density at radius 1 is 0.853 bits per heavy atom. The van der Waals surface area contributed by atoms with Crippen LogP contribution >= 0.6 is 0 Å². The van der Waals surface area contributed by atoms with E-state index in [0.717, 1.165) is 27.6 Å². The Bertz CT molecular complexity index is 2910. The normalized spacial score (nSPS) is 14.1. The molecule has 1 saturated carbocycles. The first-order valence-corrected chi connectivity index (χ1v) is 22.7. The fourth-order valence-electron chi connectivity index (χ4n) is 8.14. The molecule has 1 aliphatic heterocycles. The summed E-state index contributed by atoms with van der Waals surface area (Å²) in [6, 6.07) is 23.7. The van der Waals surface area contributed by atoms with Crippen LogP contribution in [0.1, 0.15) is 96.5 Å². The second-order valence-electron chi connectivity index (χ2n) is 17.5. The molecule has 0 saturated heterocycles. The van der Waals surface area contributed by atoms with Gasteiger partial charge >= 0.3 is 12.1 Å². The van der Waals surface area contributed by atoms with E-state index in [1.54, 1.807) is 19.1 Å². The zero-order valence-electron chi connectivity index (χ0n) is 38.8. The van der Waals surface area contributed by atoms with Crippen molar-refractivity contribution in [3.8, 4) is 33.8 Å². The van der Waals surface area contributed by atoms with Crippen molar-refractivity contribution in [3.63, 3.8) is 0 Å². The van der Waals surface area contributed by atoms with Gasteiger partial charge in [-0.15, -0.1) is 20.4 Å². The number of carbonyl (C=O) groups is 6. The molecule has 17 nitrogen and oxygen atoms in total. The maximum Gasteiger partial charge on any atom is 0.407 e. The summed E-state index contributed by atoms with van der Waals surface area (Å²) >= 11 is 0. The van der Waals surface area contributed by atoms with Crippen LogP contribution in [-0.4, -0.2) is 102 Å². The second kappa shape index (κ2) is 21.7. The number of nitrogens with zero attached hydrogens (tertiary/aromatic N) is 6. The number of aromatic nitrogens is 4. The van der Waals surface area contributed by atoms with Gasteiger partial charge in [-0.1, -0.05) is 30.3 Å². The Morgan fingerprint density at radius 2 is 1.57 bits per heavy atom. The summed E-state index contributed by atoms with van der Waals surface area (Å²) in [5.41, 5.74) is 5.26. The van der Waals surface area contributed by atoms with Crippen molar-refractivity contribution in [2.45, 2.75) is 70.8 Å². The minimum Gasteiger partial charge on any atom is -0.478 e. The van der Waals surface area contributed by atoms with E-state index in [9.17, 15) is 33.9 Å². The number of hydrogen-bond donors (Lipinski definition) is 3. The number of nitrogens with one attached hydrogen (secondary N) is 2. The topological polar surface area (TPSA) is 227 Å². The van der Waals surface area contributed by atoms with Gasteiger partial charge in [-0.25, -0.2) is 14.2 Å². The summed E-state index contributed by atoms with van der Waals surface area (Å²) < 4.78 is 13.8. The molecule has 7 rings (SSSR count). The van der Waals surface area contributed by atoms with Crippen LogP contribution in [0.5, 0.6) is 0 Å². The molecule has 2 heterocycles. The van der Waals surface area contributed by atoms with Gasteiger partial charge < -0.3 is 29.8 Å². The first-order chi connectivity index (χ1) is 32.6. The maximum absolute atomic E-state index is 13.3. The predicted octanol–water partition coefficient (Wildman–Crippen LogP) is 6.47. The standard InChI is InChI=1S/C51H54N8O9/c1-30(47-54-56-48(57-55-47)33-13-9-31(10-14-33)11-18-37(60)25-32-12-22-42(61)43(62)26-32)67-51(66)53-24-8-6-7-23-52-49(63)34-15-19-38(41(27-34)50(64)65)46-39-20-16-35(58(2)3)28-44(39)68-45-29-36(59(4)5)17-21-40(45)46/h9-10,13-17,19-21,27-30,32H,6-8,11-12,18,22-26H2,1-5H3,(H2-,52,53,63,64,65,66)/p+1. The summed E-state index contributed by atoms with van der Waals surface area (Å²) in [5, 5.41) is 34.2. The maximum atomic E-state index is 13.3. The van der Waals surface area contributed by atoms with Crippen LogP contribution in [-0.2, 0) is 25.5 Å². The van der Waals surface area contributed by atoms with E-state index in [2.05, 4.69) is 31.0 Å². The van der Waals surface area contributed by atoms with Crippen molar-refractivity contribution in [3.05, 3.63) is 107 Å². The number of aryl methyl sites for hydroxylation is 1. The lowest BCUT2D eigenvalue weighted by Gasteiger charge is -2.19. The second-order valence-corrected chi connectivity index (χ2v) is 17.5. The smallest absolute Gasteiger partial charge is 0.407 e. The highest BCUT2D eigenvalue weighted by molar-refractivity contribution is 6.37. The Labute approximate surface area is 393 Å². The number of fused-ring (bicyclic) bond motifs is 2. The lowest BCUT2D eigenvalue weighted by molar-refractivity contribution is -0.139. The van der Waals surface area contributed by atoms with E-state index in [1.165, 1.54) is 6.07 Å². The lowest BCUT2D eigenvalue weighted by Crippen LogP contribution is -2.27. The highest BCUT2D eigenvalue weighted by Gasteiger charge is 2.28. The summed E-state index contributed by atoms with van der Waals surface area (Å²) in [4.78, 5) is 76.2. The lowest BCUT2D eigenvalue weighted by atomic mass is 9.83. The fraction of sp³-hybridized carbons (Fsp3) is 0.353. The molecule has 1 fully saturated rings. The summed E-state index contributed by atoms with van der Waals surface area (Å²) in [6.07, 6.45) is 2.60. The number of amides is 2. The first kappa shape index (κ1) is 48.2. The Balaban J connectivity index is 0.849. The van der Waals surface area contributed by atoms with Crippen molar-refractivity contribution in [2.75, 3.05) is 46.2 Å². The molecule has 2 atom stereocenters. The number of aromatic carboxylic acids is 1. The van der Waals surface area contributed by atoms with Gasteiger partial charge in [0, 0.05) is 98.3 Å². The molecule has 1 aromatic heterocycles. The van der Waals surface area contributed by atoms with Gasteiger partial charge in [0.05, 0.1) is 11.6 Å². The van der Waals surface area contributed by atoms with Gasteiger partial charge in [0.2, 0.25) is 17.0 Å². The van der Waals surface area contributed by atoms with Gasteiger partial charge in [-0.2, -0.15) is 0 Å². The van der Waals surface area contributed by atoms with Crippen LogP contribution < -0.4 is 25.5 Å². The summed E-state index contributed by atoms with van der Waals surface area (Å²) in [5.74, 6) is -1.25. The van der Waals surface area contributed by atoms with E-state index < -0.39 is 24.1 Å². The van der Waals surface area contributed by atoms with Crippen LogP contribution in [0.25, 0.3) is 44.8 Å². The van der Waals surface area contributed by atoms with Crippen LogP contribution in [0.4, 0.5) is 10.5 Å². The van der Waals surface area contributed by atoms with E-state index in [0.29, 0.717) is 86.1 Å². The molecule has 4 aromatic rings. The molecule has 3 aromatic carbocycles. The monoisotopic (exact) mass is 923 g/mol. The van der Waals surface area contributed by atoms with E-state index in [-0.39, 0.29) is 58.9 Å². The molecule has 2 unspecified atom stereocenters. The third kappa shape index (κ3) is 11.8. The van der Waals surface area contributed by atoms with Crippen LogP contribution in [0.15, 0.2) is 83.3 Å². The van der Waals surface area contributed by atoms with Crippen molar-refractivity contribution in [2.24, 2.45) is 5.92 Å². The fourth-order valence-corrected chi connectivity index (χ4v) is 8.14. The van der Waals surface area contributed by atoms with Gasteiger partial charge in [-0.3, -0.25) is 19.2 Å². The summed E-state index contributed by atoms with van der Waals surface area (Å²) in [6.45, 7) is 2.28. The number of unbranched alkanes of at least 4 members (excludes halogenated alkanes) is 2. The number of rotatable bonds is 18. The Morgan fingerprint density at radius 3 is 2.26 bits per heavy atom. The molecule has 352 valence electrons. The highest BCUT2D eigenvalue weighted by atomic mass is 16.6. The van der Waals surface area contributed by atoms with Gasteiger partial charge in [0.15, 0.2) is 17.7 Å². The number of carbonyl (C=O) groups excluding carboxylic acids is 5. The Hall–Kier alpha value is -7.69. The highest BCUT2D eigenvalue weighted by Crippen LogP contribution is 2.42. The number of anilines is 1. The third-order valence-corrected chi connectivity index (χ3v) is 12.0.